The number of hydrogen-bond donors (Lipinski definition) is 22. The number of methoxy groups -OCH3 is 1. The first kappa shape index (κ1) is 121. The molecule has 0 saturated carbocycles. The molecule has 5 aliphatic heterocycles. The number of unbranched alkanes of at least 4 members (excludes halogenated alkanes) is 8. The molecule has 0 aromatic heterocycles. The summed E-state index contributed by atoms with van der Waals surface area (Å²) in [7, 11) is 1.21. The second-order valence-electron chi connectivity index (χ2n) is 38.2. The average Bonchev–Trinajstić information content (AvgIpc) is 1.70. The van der Waals surface area contributed by atoms with E-state index in [2.05, 4.69) is 69.1 Å². The van der Waals surface area contributed by atoms with Crippen LogP contribution in [0.15, 0.2) is 0 Å². The van der Waals surface area contributed by atoms with Crippen molar-refractivity contribution < 1.29 is 95.8 Å². The number of nitrogens with one attached hydrogen (secondary N) is 13. The van der Waals surface area contributed by atoms with Gasteiger partial charge in [-0.3, -0.25) is 86.3 Å². The third kappa shape index (κ3) is 38.7. The highest BCUT2D eigenvalue weighted by molar-refractivity contribution is 6.02. The number of nitrogens with zero attached hydrogens (tertiary/aromatic N) is 5. The molecule has 0 bridgehead atoms. The van der Waals surface area contributed by atoms with Crippen LogP contribution in [-0.4, -0.2) is 344 Å². The number of nitrogens with two attached hydrogens (primary N) is 9. The second-order valence-corrected chi connectivity index (χ2v) is 38.2. The molecule has 31 N–H and O–H groups in total. The van der Waals surface area contributed by atoms with E-state index >= 15 is 0 Å². The van der Waals surface area contributed by atoms with Crippen molar-refractivity contribution in [2.24, 2.45) is 57.5 Å². The molecule has 18 amide bonds. The van der Waals surface area contributed by atoms with Gasteiger partial charge in [0.1, 0.15) is 109 Å². The van der Waals surface area contributed by atoms with Crippen LogP contribution in [0.1, 0.15) is 267 Å². The van der Waals surface area contributed by atoms with E-state index in [4.69, 9.17) is 56.3 Å². The van der Waals surface area contributed by atoms with Gasteiger partial charge in [-0.05, 0) is 305 Å². The highest BCUT2D eigenvalue weighted by Crippen LogP contribution is 2.28. The number of hydrogen-bond acceptors (Lipinski definition) is 29. The van der Waals surface area contributed by atoms with Gasteiger partial charge < -0.3 is 150 Å². The molecule has 5 rings (SSSR count). The first-order valence-corrected chi connectivity index (χ1v) is 51.2. The Morgan fingerprint density at radius 3 is 0.801 bits per heavy atom. The van der Waals surface area contributed by atoms with Gasteiger partial charge in [-0.25, -0.2) is 4.79 Å². The fourth-order valence-electron chi connectivity index (χ4n) is 18.3. The predicted octanol–water partition coefficient (Wildman–Crippen LogP) is -5.47. The molecule has 19 atom stereocenters. The van der Waals surface area contributed by atoms with Crippen LogP contribution in [0.5, 0.6) is 0 Å². The van der Waals surface area contributed by atoms with Crippen molar-refractivity contribution in [2.75, 3.05) is 92.2 Å². The number of ether oxygens (including phenoxy) is 1. The molecule has 47 heteroatoms. The predicted molar refractivity (Wildman–Crippen MR) is 525 cm³/mol. The molecule has 47 nitrogen and oxygen atoms in total. The Morgan fingerprint density at radius 2 is 0.475 bits per heavy atom. The van der Waals surface area contributed by atoms with E-state index in [9.17, 15) is 91.1 Å². The minimum absolute atomic E-state index is 0.0527. The largest absolute Gasteiger partial charge is 0.467 e. The van der Waals surface area contributed by atoms with Crippen LogP contribution in [0.3, 0.4) is 0 Å². The van der Waals surface area contributed by atoms with Gasteiger partial charge in [0.15, 0.2) is 0 Å². The maximum absolute atomic E-state index is 14.8. The van der Waals surface area contributed by atoms with Gasteiger partial charge in [0.25, 0.3) is 0 Å². The van der Waals surface area contributed by atoms with E-state index in [-0.39, 0.29) is 122 Å². The highest BCUT2D eigenvalue weighted by atomic mass is 16.5. The zero-order valence-corrected chi connectivity index (χ0v) is 84.4. The van der Waals surface area contributed by atoms with Crippen LogP contribution in [0.2, 0.25) is 0 Å². The molecule has 5 saturated heterocycles. The Kier molecular flexibility index (Phi) is 55.2. The van der Waals surface area contributed by atoms with E-state index in [1.165, 1.54) is 66.2 Å². The zero-order valence-electron chi connectivity index (χ0n) is 84.4. The van der Waals surface area contributed by atoms with Crippen molar-refractivity contribution >= 4 is 112 Å². The molecule has 5 heterocycles. The number of carbonyl (C=O) groups excluding carboxylic acids is 19. The number of amides is 18. The quantitative estimate of drug-likeness (QED) is 0.0200. The molecule has 5 fully saturated rings. The first-order chi connectivity index (χ1) is 67.3. The smallest absolute Gasteiger partial charge is 0.328 e. The van der Waals surface area contributed by atoms with Crippen molar-refractivity contribution in [3.8, 4) is 0 Å². The lowest BCUT2D eigenvalue weighted by atomic mass is 10.0. The topological polar surface area (TPSA) is 740 Å². The first-order valence-electron chi connectivity index (χ1n) is 51.2. The van der Waals surface area contributed by atoms with Crippen molar-refractivity contribution in [3.05, 3.63) is 0 Å². The summed E-state index contributed by atoms with van der Waals surface area (Å²) in [5, 5.41) is 35.4. The number of esters is 1. The van der Waals surface area contributed by atoms with Crippen LogP contribution in [-0.2, 0) is 95.8 Å². The Labute approximate surface area is 829 Å². The van der Waals surface area contributed by atoms with Crippen LogP contribution in [0, 0.1) is 5.92 Å². The molecule has 5 aliphatic rings. The molecule has 0 aromatic rings. The van der Waals surface area contributed by atoms with Gasteiger partial charge in [0.05, 0.1) is 13.2 Å². The maximum Gasteiger partial charge on any atom is 0.328 e. The lowest BCUT2D eigenvalue weighted by molar-refractivity contribution is -0.147. The van der Waals surface area contributed by atoms with Gasteiger partial charge >= 0.3 is 5.97 Å². The average molecular weight is 2000 g/mol. The number of likely N-dealkylation sites (tertiary alicyclic amines) is 5. The SMILES string of the molecule is COC(=O)[C@H](CCCCN)NC(=O)[C@@H]1CCCN1C(=O)[C@H](CCCCN)NC(=O)[C@H](C)NC(=O)[C@@H](NC(=O)[C@H](CCCCN)NC(=O)[C@@H]1CCCN1C(=O)[C@H](CCCCN)NC(=O)[C@H](C)NC(=O)[C@H](C)NC(=O)[C@H](C)NC(=O)[C@@H]1CCCN1C(=O)[C@H](CCCCN)NC(=O)[C@@H]1CCCN1C(=O)[C@H](C)NC(=O)[C@H](CCCCN)NC(=O)[C@H](CCCCN)NC(=O)[C@@H]1CCCN1C(=O)[C@@H](N)CCCCN)C(C)C. The molecule has 800 valence electrons. The molecular weight excluding hydrogens is 1830 g/mol. The third-order valence-electron chi connectivity index (χ3n) is 26.6. The molecule has 0 spiro atoms. The van der Waals surface area contributed by atoms with Gasteiger partial charge in [-0.15, -0.1) is 0 Å². The van der Waals surface area contributed by atoms with E-state index in [0.717, 1.165) is 0 Å². The minimum atomic E-state index is -1.33. The summed E-state index contributed by atoms with van der Waals surface area (Å²) in [6.07, 6.45) is 12.2. The van der Waals surface area contributed by atoms with Crippen LogP contribution in [0.25, 0.3) is 0 Å². The Bertz CT molecular complexity index is 4080. The van der Waals surface area contributed by atoms with Gasteiger partial charge in [-0.1, -0.05) is 20.3 Å². The van der Waals surface area contributed by atoms with Crippen LogP contribution >= 0.6 is 0 Å². The second kappa shape index (κ2) is 64.3. The monoisotopic (exact) mass is 2000 g/mol. The number of carbonyl (C=O) groups is 19. The van der Waals surface area contributed by atoms with E-state index < -0.39 is 227 Å². The van der Waals surface area contributed by atoms with Crippen molar-refractivity contribution in [1.82, 2.24) is 93.6 Å². The van der Waals surface area contributed by atoms with Crippen LogP contribution < -0.4 is 121 Å². The molecule has 0 radical (unpaired) electrons. The third-order valence-corrected chi connectivity index (χ3v) is 26.6. The van der Waals surface area contributed by atoms with Crippen LogP contribution in [0.4, 0.5) is 0 Å². The summed E-state index contributed by atoms with van der Waals surface area (Å²) in [6, 6.07) is -22.0. The van der Waals surface area contributed by atoms with E-state index in [1.807, 2.05) is 0 Å². The summed E-state index contributed by atoms with van der Waals surface area (Å²) >= 11 is 0. The summed E-state index contributed by atoms with van der Waals surface area (Å²) in [6.45, 7) is 13.4. The summed E-state index contributed by atoms with van der Waals surface area (Å²) in [5.41, 5.74) is 52.6. The zero-order chi connectivity index (χ0) is 105. The molecular formula is C94H169N27O20. The van der Waals surface area contributed by atoms with Crippen molar-refractivity contribution in [2.45, 2.75) is 382 Å². The summed E-state index contributed by atoms with van der Waals surface area (Å²) in [5.74, 6) is -13.4. The molecule has 0 aliphatic carbocycles. The van der Waals surface area contributed by atoms with Gasteiger partial charge in [-0.2, -0.15) is 0 Å². The van der Waals surface area contributed by atoms with Crippen molar-refractivity contribution in [1.29, 1.82) is 0 Å². The fraction of sp³-hybridized carbons (Fsp3) is 0.798. The Morgan fingerprint density at radius 1 is 0.248 bits per heavy atom. The standard InChI is InChI=1S/C94H169N27O20/c1-56(2)75(88(134)107-60(6)79(125)113-67(35-14-22-48-100)92(138)121-55-29-42-74(121)87(133)115-69(94(140)141-8)37-16-24-50-102)116-82(128)65(33-12-20-46-98)111-85(131)73-41-28-54-120(73)91(137)66(34-13-21-47-99)112-78(124)59(5)105-76(122)57(3)104-77(123)58(4)106-83(129)70-38-27-53-119(70)93(139)68(36-15-23-49-101)114-86(132)71-39-25-51-117(71)89(135)61(7)108-80(126)63(31-10-18-44-96)109-81(127)64(32-11-19-45-97)110-84(130)72-40-26-52-118(72)90(136)62(103)30-9-17-43-95/h56-75H,9-55,95-103H2,1-8H3,(H,104,123)(H,105,122)(H,106,129)(H,107,134)(H,108,126)(H,109,127)(H,110,130)(H,111,131)(H,112,124)(H,113,125)(H,114,132)(H,115,133)(H,116,128)/t57-,58-,59-,60-,61-,62-,63-,64-,65-,66-,67-,68-,69-,70-,71-,72-,73-,74-,75-/m0/s1. The summed E-state index contributed by atoms with van der Waals surface area (Å²) in [4.78, 5) is 275. The summed E-state index contributed by atoms with van der Waals surface area (Å²) < 4.78 is 4.93. The molecule has 141 heavy (non-hydrogen) atoms. The van der Waals surface area contributed by atoms with Gasteiger partial charge in [0.2, 0.25) is 106 Å². The van der Waals surface area contributed by atoms with Crippen molar-refractivity contribution in [3.63, 3.8) is 0 Å². The minimum Gasteiger partial charge on any atom is -0.467 e. The fourth-order valence-corrected chi connectivity index (χ4v) is 18.3. The lowest BCUT2D eigenvalue weighted by Gasteiger charge is -2.32. The highest BCUT2D eigenvalue weighted by Gasteiger charge is 2.47. The maximum atomic E-state index is 14.8. The normalized spacial score (nSPS) is 19.8. The van der Waals surface area contributed by atoms with E-state index in [0.29, 0.717) is 187 Å². The van der Waals surface area contributed by atoms with Gasteiger partial charge in [0, 0.05) is 32.7 Å². The number of rotatable bonds is 65. The lowest BCUT2D eigenvalue weighted by Crippen LogP contribution is -2.60. The Balaban J connectivity index is 1.18. The Hall–Kier alpha value is -10.4. The van der Waals surface area contributed by atoms with E-state index in [1.54, 1.807) is 13.8 Å². The molecule has 0 unspecified atom stereocenters. The molecule has 0 aromatic carbocycles.